The number of rotatable bonds is 4. The molecular weight excluding hydrogens is 308 g/mol. The van der Waals surface area contributed by atoms with Crippen LogP contribution in [0.5, 0.6) is 0 Å². The zero-order valence-electron chi connectivity index (χ0n) is 13.4. The van der Waals surface area contributed by atoms with E-state index in [-0.39, 0.29) is 11.9 Å². The van der Waals surface area contributed by atoms with E-state index >= 15 is 0 Å². The lowest BCUT2D eigenvalue weighted by Gasteiger charge is -2.12. The number of hydrogen-bond donors (Lipinski definition) is 3. The number of nitrogens with zero attached hydrogens (tertiary/aromatic N) is 1. The fourth-order valence-electron chi connectivity index (χ4n) is 2.57. The Labute approximate surface area is 138 Å². The molecule has 3 aromatic rings. The summed E-state index contributed by atoms with van der Waals surface area (Å²) in [4.78, 5) is 27.0. The lowest BCUT2D eigenvalue weighted by Crippen LogP contribution is -2.41. The van der Waals surface area contributed by atoms with Crippen molar-refractivity contribution in [1.29, 1.82) is 0 Å². The molecule has 24 heavy (non-hydrogen) atoms. The van der Waals surface area contributed by atoms with Gasteiger partial charge in [0.2, 0.25) is 0 Å². The molecule has 0 spiro atoms. The minimum Gasteiger partial charge on any atom is -0.361 e. The smallest absolute Gasteiger partial charge is 0.314 e. The van der Waals surface area contributed by atoms with Gasteiger partial charge in [0.1, 0.15) is 5.76 Å². The molecule has 2 amide bonds. The molecule has 0 radical (unpaired) electrons. The number of para-hydroxylation sites is 1. The Morgan fingerprint density at radius 3 is 2.83 bits per heavy atom. The normalized spacial score (nSPS) is 12.1. The van der Waals surface area contributed by atoms with Crippen molar-refractivity contribution in [3.8, 4) is 0 Å². The molecule has 3 N–H and O–H groups in total. The number of benzene rings is 1. The Morgan fingerprint density at radius 1 is 1.29 bits per heavy atom. The summed E-state index contributed by atoms with van der Waals surface area (Å²) in [5, 5.41) is 9.81. The van der Waals surface area contributed by atoms with Crippen molar-refractivity contribution in [2.75, 3.05) is 5.32 Å². The third-order valence-corrected chi connectivity index (χ3v) is 3.65. The van der Waals surface area contributed by atoms with Gasteiger partial charge in [-0.25, -0.2) is 0 Å². The molecule has 0 bridgehead atoms. The average molecular weight is 326 g/mol. The SMILES string of the molecule is Cc1cc(NC(=O)C(=O)NC(C)Cc2c[nH]c3ccccc23)no1. The van der Waals surface area contributed by atoms with Crippen LogP contribution < -0.4 is 10.6 Å². The van der Waals surface area contributed by atoms with E-state index in [1.54, 1.807) is 13.0 Å². The van der Waals surface area contributed by atoms with Crippen molar-refractivity contribution in [2.45, 2.75) is 26.3 Å². The predicted molar refractivity (Wildman–Crippen MR) is 89.5 cm³/mol. The molecule has 2 aromatic heterocycles. The van der Waals surface area contributed by atoms with Gasteiger partial charge in [0, 0.05) is 29.2 Å². The number of aromatic amines is 1. The highest BCUT2D eigenvalue weighted by atomic mass is 16.5. The van der Waals surface area contributed by atoms with Crippen LogP contribution in [0.15, 0.2) is 41.1 Å². The second-order valence-corrected chi connectivity index (χ2v) is 5.72. The second-order valence-electron chi connectivity index (χ2n) is 5.72. The molecular formula is C17H18N4O3. The zero-order valence-corrected chi connectivity index (χ0v) is 13.4. The number of fused-ring (bicyclic) bond motifs is 1. The zero-order chi connectivity index (χ0) is 17.1. The number of carbonyl (C=O) groups excluding carboxylic acids is 2. The van der Waals surface area contributed by atoms with E-state index in [1.165, 1.54) is 0 Å². The molecule has 124 valence electrons. The van der Waals surface area contributed by atoms with Gasteiger partial charge in [-0.3, -0.25) is 14.9 Å². The summed E-state index contributed by atoms with van der Waals surface area (Å²) in [6, 6.07) is 9.30. The maximum atomic E-state index is 12.0. The van der Waals surface area contributed by atoms with E-state index in [1.807, 2.05) is 37.4 Å². The Morgan fingerprint density at radius 2 is 2.08 bits per heavy atom. The van der Waals surface area contributed by atoms with Crippen molar-refractivity contribution in [1.82, 2.24) is 15.5 Å². The van der Waals surface area contributed by atoms with Crippen LogP contribution in [0.2, 0.25) is 0 Å². The maximum absolute atomic E-state index is 12.0. The topological polar surface area (TPSA) is 100 Å². The van der Waals surface area contributed by atoms with E-state index in [0.717, 1.165) is 16.5 Å². The number of carbonyl (C=O) groups is 2. The summed E-state index contributed by atoms with van der Waals surface area (Å²) in [5.41, 5.74) is 2.14. The molecule has 0 fully saturated rings. The Kier molecular flexibility index (Phi) is 4.33. The third-order valence-electron chi connectivity index (χ3n) is 3.65. The van der Waals surface area contributed by atoms with Crippen molar-refractivity contribution in [2.24, 2.45) is 0 Å². The van der Waals surface area contributed by atoms with Crippen molar-refractivity contribution >= 4 is 28.5 Å². The van der Waals surface area contributed by atoms with Gasteiger partial charge < -0.3 is 14.8 Å². The molecule has 2 heterocycles. The summed E-state index contributed by atoms with van der Waals surface area (Å²) in [6.45, 7) is 3.55. The van der Waals surface area contributed by atoms with E-state index in [0.29, 0.717) is 12.2 Å². The van der Waals surface area contributed by atoms with Crippen LogP contribution in [0.1, 0.15) is 18.2 Å². The second kappa shape index (κ2) is 6.57. The fraction of sp³-hybridized carbons (Fsp3) is 0.235. The van der Waals surface area contributed by atoms with Crippen LogP contribution in [0.25, 0.3) is 10.9 Å². The summed E-state index contributed by atoms with van der Waals surface area (Å²) < 4.78 is 4.84. The number of anilines is 1. The monoisotopic (exact) mass is 326 g/mol. The Hall–Kier alpha value is -3.09. The molecule has 7 heteroatoms. The van der Waals surface area contributed by atoms with E-state index < -0.39 is 11.8 Å². The van der Waals surface area contributed by atoms with Gasteiger partial charge in [-0.05, 0) is 31.9 Å². The minimum absolute atomic E-state index is 0.193. The van der Waals surface area contributed by atoms with Gasteiger partial charge >= 0.3 is 11.8 Å². The van der Waals surface area contributed by atoms with Gasteiger partial charge in [0.05, 0.1) is 0 Å². The Bertz CT molecular complexity index is 881. The van der Waals surface area contributed by atoms with E-state index in [4.69, 9.17) is 4.52 Å². The highest BCUT2D eigenvalue weighted by Crippen LogP contribution is 2.19. The van der Waals surface area contributed by atoms with Crippen LogP contribution in [-0.4, -0.2) is 28.0 Å². The first kappa shape index (κ1) is 15.8. The lowest BCUT2D eigenvalue weighted by atomic mass is 10.1. The first-order valence-electron chi connectivity index (χ1n) is 7.63. The summed E-state index contributed by atoms with van der Waals surface area (Å²) in [6.07, 6.45) is 2.54. The van der Waals surface area contributed by atoms with Gasteiger partial charge in [-0.15, -0.1) is 0 Å². The number of hydrogen-bond acceptors (Lipinski definition) is 4. The van der Waals surface area contributed by atoms with Gasteiger partial charge in [0.25, 0.3) is 0 Å². The largest absolute Gasteiger partial charge is 0.361 e. The number of nitrogens with one attached hydrogen (secondary N) is 3. The van der Waals surface area contributed by atoms with Crippen molar-refractivity contribution < 1.29 is 14.1 Å². The molecule has 3 rings (SSSR count). The molecule has 0 saturated heterocycles. The number of amides is 2. The standard InChI is InChI=1S/C17H18N4O3/c1-10(7-12-9-18-14-6-4-3-5-13(12)14)19-16(22)17(23)20-15-8-11(2)24-21-15/h3-6,8-10,18H,7H2,1-2H3,(H,19,22)(H,20,21,23). The highest BCUT2D eigenvalue weighted by molar-refractivity contribution is 6.39. The van der Waals surface area contributed by atoms with Crippen molar-refractivity contribution in [3.05, 3.63) is 47.9 Å². The molecule has 0 aliphatic rings. The van der Waals surface area contributed by atoms with Gasteiger partial charge in [-0.1, -0.05) is 23.4 Å². The highest BCUT2D eigenvalue weighted by Gasteiger charge is 2.18. The van der Waals surface area contributed by atoms with Crippen LogP contribution in [0.4, 0.5) is 5.82 Å². The molecule has 7 nitrogen and oxygen atoms in total. The Balaban J connectivity index is 1.58. The first-order chi connectivity index (χ1) is 11.5. The maximum Gasteiger partial charge on any atom is 0.314 e. The molecule has 1 atom stereocenters. The van der Waals surface area contributed by atoms with E-state index in [2.05, 4.69) is 20.8 Å². The number of aryl methyl sites for hydroxylation is 1. The minimum atomic E-state index is -0.769. The quantitative estimate of drug-likeness (QED) is 0.640. The predicted octanol–water partition coefficient (Wildman–Crippen LogP) is 2.15. The number of aromatic nitrogens is 2. The molecule has 0 aliphatic heterocycles. The van der Waals surface area contributed by atoms with Crippen LogP contribution in [0, 0.1) is 6.92 Å². The molecule has 1 unspecified atom stereocenters. The van der Waals surface area contributed by atoms with Crippen LogP contribution in [-0.2, 0) is 16.0 Å². The van der Waals surface area contributed by atoms with Gasteiger partial charge in [0.15, 0.2) is 5.82 Å². The van der Waals surface area contributed by atoms with E-state index in [9.17, 15) is 9.59 Å². The summed E-state index contributed by atoms with van der Waals surface area (Å²) in [7, 11) is 0. The van der Waals surface area contributed by atoms with Crippen molar-refractivity contribution in [3.63, 3.8) is 0 Å². The van der Waals surface area contributed by atoms with Crippen LogP contribution in [0.3, 0.4) is 0 Å². The van der Waals surface area contributed by atoms with Crippen LogP contribution >= 0.6 is 0 Å². The summed E-state index contributed by atoms with van der Waals surface area (Å²) >= 11 is 0. The molecule has 1 aromatic carbocycles. The third kappa shape index (κ3) is 3.45. The molecule has 0 aliphatic carbocycles. The first-order valence-corrected chi connectivity index (χ1v) is 7.63. The lowest BCUT2D eigenvalue weighted by molar-refractivity contribution is -0.136. The number of H-pyrrole nitrogens is 1. The van der Waals surface area contributed by atoms with Gasteiger partial charge in [-0.2, -0.15) is 0 Å². The fourth-order valence-corrected chi connectivity index (χ4v) is 2.57. The summed E-state index contributed by atoms with van der Waals surface area (Å²) in [5.74, 6) is -0.701. The average Bonchev–Trinajstić information content (AvgIpc) is 3.14. The molecule has 0 saturated carbocycles.